The van der Waals surface area contributed by atoms with E-state index in [-0.39, 0.29) is 5.69 Å². The lowest BCUT2D eigenvalue weighted by molar-refractivity contribution is 0.664. The minimum absolute atomic E-state index is 0.346. The van der Waals surface area contributed by atoms with E-state index in [0.717, 1.165) is 4.57 Å². The number of benzene rings is 1. The van der Waals surface area contributed by atoms with Gasteiger partial charge in [0.1, 0.15) is 0 Å². The molecule has 1 aromatic heterocycles. The van der Waals surface area contributed by atoms with Crippen LogP contribution in [0.2, 0.25) is 19.6 Å². The Morgan fingerprint density at radius 3 is 2.40 bits per heavy atom. The van der Waals surface area contributed by atoms with Crippen LogP contribution in [0.1, 0.15) is 0 Å². The summed E-state index contributed by atoms with van der Waals surface area (Å²) in [5.74, 6) is 0. The number of allylic oxidation sites excluding steroid dienone is 1. The van der Waals surface area contributed by atoms with E-state index in [1.165, 1.54) is 4.68 Å². The van der Waals surface area contributed by atoms with Gasteiger partial charge in [0.05, 0.1) is 20.3 Å². The first kappa shape index (κ1) is 14.3. The Morgan fingerprint density at radius 1 is 1.15 bits per heavy atom. The summed E-state index contributed by atoms with van der Waals surface area (Å²) in [6, 6.07) is 8.90. The van der Waals surface area contributed by atoms with E-state index in [0.29, 0.717) is 12.2 Å². The maximum absolute atomic E-state index is 12.2. The van der Waals surface area contributed by atoms with Crippen molar-refractivity contribution in [2.75, 3.05) is 0 Å². The maximum Gasteiger partial charge on any atom is 0.351 e. The zero-order chi connectivity index (χ0) is 14.8. The normalized spacial score (nSPS) is 12.2. The molecule has 5 nitrogen and oxygen atoms in total. The molecule has 6 heteroatoms. The molecule has 0 saturated heterocycles. The van der Waals surface area contributed by atoms with Gasteiger partial charge in [-0.15, -0.1) is 0 Å². The molecule has 2 rings (SSSR count). The van der Waals surface area contributed by atoms with Gasteiger partial charge in [-0.3, -0.25) is 0 Å². The Hall–Kier alpha value is -2.08. The van der Waals surface area contributed by atoms with E-state index in [9.17, 15) is 9.59 Å². The van der Waals surface area contributed by atoms with Crippen LogP contribution in [0.5, 0.6) is 0 Å². The summed E-state index contributed by atoms with van der Waals surface area (Å²) in [7, 11) is -1.29. The Bertz CT molecular complexity index is 717. The van der Waals surface area contributed by atoms with Crippen molar-refractivity contribution in [2.45, 2.75) is 26.2 Å². The monoisotopic (exact) mass is 289 g/mol. The average molecular weight is 289 g/mol. The number of nitrogens with zero attached hydrogens (tertiary/aromatic N) is 2. The summed E-state index contributed by atoms with van der Waals surface area (Å²) in [4.78, 5) is 24.1. The molecule has 20 heavy (non-hydrogen) atoms. The van der Waals surface area contributed by atoms with E-state index >= 15 is 0 Å². The van der Waals surface area contributed by atoms with Crippen LogP contribution >= 0.6 is 0 Å². The number of aromatic amines is 1. The molecule has 0 radical (unpaired) electrons. The minimum atomic E-state index is -1.29. The summed E-state index contributed by atoms with van der Waals surface area (Å²) in [6.45, 7) is 7.02. The molecule has 0 atom stereocenters. The van der Waals surface area contributed by atoms with Crippen LogP contribution in [0.3, 0.4) is 0 Å². The zero-order valence-electron chi connectivity index (χ0n) is 12.0. The van der Waals surface area contributed by atoms with E-state index < -0.39 is 13.8 Å². The molecule has 0 unspecified atom stereocenters. The highest BCUT2D eigenvalue weighted by Gasteiger charge is 2.10. The molecule has 0 bridgehead atoms. The van der Waals surface area contributed by atoms with Gasteiger partial charge in [-0.2, -0.15) is 0 Å². The fourth-order valence-corrected chi connectivity index (χ4v) is 2.67. The topological polar surface area (TPSA) is 59.8 Å². The van der Waals surface area contributed by atoms with Crippen molar-refractivity contribution in [1.82, 2.24) is 14.3 Å². The summed E-state index contributed by atoms with van der Waals surface area (Å²) >= 11 is 0. The van der Waals surface area contributed by atoms with Crippen molar-refractivity contribution >= 4 is 8.07 Å². The molecular weight excluding hydrogens is 270 g/mol. The Kier molecular flexibility index (Phi) is 3.94. The zero-order valence-corrected chi connectivity index (χ0v) is 13.0. The molecule has 106 valence electrons. The summed E-state index contributed by atoms with van der Waals surface area (Å²) in [5, 5.41) is 2.57. The highest BCUT2D eigenvalue weighted by Crippen LogP contribution is 2.02. The van der Waals surface area contributed by atoms with Crippen molar-refractivity contribution in [3.8, 4) is 5.69 Å². The van der Waals surface area contributed by atoms with Crippen molar-refractivity contribution in [3.05, 3.63) is 63.1 Å². The predicted molar refractivity (Wildman–Crippen MR) is 83.1 cm³/mol. The van der Waals surface area contributed by atoms with Crippen LogP contribution in [-0.4, -0.2) is 22.4 Å². The first-order valence-corrected chi connectivity index (χ1v) is 10.1. The minimum Gasteiger partial charge on any atom is -0.246 e. The first-order valence-electron chi connectivity index (χ1n) is 6.53. The molecule has 0 fully saturated rings. The number of rotatable bonds is 4. The molecule has 0 saturated carbocycles. The molecule has 1 heterocycles. The Labute approximate surface area is 118 Å². The highest BCUT2D eigenvalue weighted by atomic mass is 28.3. The lowest BCUT2D eigenvalue weighted by Crippen LogP contribution is -2.27. The number of hydrogen-bond donors (Lipinski definition) is 1. The molecule has 2 aromatic rings. The third kappa shape index (κ3) is 3.27. The van der Waals surface area contributed by atoms with Crippen molar-refractivity contribution in [2.24, 2.45) is 0 Å². The lowest BCUT2D eigenvalue weighted by atomic mass is 10.3. The van der Waals surface area contributed by atoms with Gasteiger partial charge in [-0.25, -0.2) is 23.9 Å². The van der Waals surface area contributed by atoms with Crippen LogP contribution in [0.4, 0.5) is 0 Å². The Morgan fingerprint density at radius 2 is 1.80 bits per heavy atom. The fourth-order valence-electron chi connectivity index (χ4n) is 1.86. The molecule has 1 N–H and O–H groups in total. The second-order valence-electron chi connectivity index (χ2n) is 5.75. The van der Waals surface area contributed by atoms with Gasteiger partial charge in [0.25, 0.3) is 0 Å². The summed E-state index contributed by atoms with van der Waals surface area (Å²) < 4.78 is 2.47. The predicted octanol–water partition coefficient (Wildman–Crippen LogP) is 1.76. The average Bonchev–Trinajstić information content (AvgIpc) is 2.64. The Balaban J connectivity index is 2.34. The summed E-state index contributed by atoms with van der Waals surface area (Å²) in [6.07, 6.45) is 1.94. The van der Waals surface area contributed by atoms with E-state index in [1.807, 2.05) is 12.1 Å². The van der Waals surface area contributed by atoms with Crippen molar-refractivity contribution in [1.29, 1.82) is 0 Å². The van der Waals surface area contributed by atoms with Gasteiger partial charge in [0.2, 0.25) is 0 Å². The van der Waals surface area contributed by atoms with Gasteiger partial charge >= 0.3 is 11.4 Å². The third-order valence-electron chi connectivity index (χ3n) is 2.78. The van der Waals surface area contributed by atoms with Gasteiger partial charge in [0, 0.05) is 0 Å². The molecular formula is C14H19N3O2Si. The molecule has 0 aliphatic rings. The third-order valence-corrected chi connectivity index (χ3v) is 4.01. The summed E-state index contributed by atoms with van der Waals surface area (Å²) in [5.41, 5.74) is 1.97. The number of para-hydroxylation sites is 1. The second kappa shape index (κ2) is 5.50. The van der Waals surface area contributed by atoms with Crippen LogP contribution in [0, 0.1) is 0 Å². The van der Waals surface area contributed by atoms with Crippen LogP contribution < -0.4 is 11.4 Å². The quantitative estimate of drug-likeness (QED) is 0.872. The standard InChI is InChI=1S/C14H19N3O2Si/c1-20(2,3)11-7-10-16-14(19)17(13(18)15-16)12-8-5-4-6-9-12/h4-9,11H,10H2,1-3H3,(H,15,18)/b11-7+. The van der Waals surface area contributed by atoms with Gasteiger partial charge in [-0.05, 0) is 12.1 Å². The first-order chi connectivity index (χ1) is 9.38. The van der Waals surface area contributed by atoms with Crippen molar-refractivity contribution in [3.63, 3.8) is 0 Å². The lowest BCUT2D eigenvalue weighted by Gasteiger charge is -2.07. The largest absolute Gasteiger partial charge is 0.351 e. The van der Waals surface area contributed by atoms with E-state index in [4.69, 9.17) is 0 Å². The van der Waals surface area contributed by atoms with Crippen LogP contribution in [0.25, 0.3) is 5.69 Å². The van der Waals surface area contributed by atoms with Crippen molar-refractivity contribution < 1.29 is 0 Å². The van der Waals surface area contributed by atoms with Crippen LogP contribution in [0.15, 0.2) is 51.7 Å². The SMILES string of the molecule is C[Si](C)(C)/C=C/Cn1[nH]c(=O)n(-c2ccccc2)c1=O. The van der Waals surface area contributed by atoms with Gasteiger partial charge < -0.3 is 0 Å². The van der Waals surface area contributed by atoms with Crippen LogP contribution in [-0.2, 0) is 6.54 Å². The maximum atomic E-state index is 12.2. The molecule has 0 aliphatic heterocycles. The highest BCUT2D eigenvalue weighted by molar-refractivity contribution is 6.80. The molecule has 0 spiro atoms. The van der Waals surface area contributed by atoms with E-state index in [2.05, 4.69) is 30.4 Å². The van der Waals surface area contributed by atoms with Gasteiger partial charge in [0.15, 0.2) is 0 Å². The smallest absolute Gasteiger partial charge is 0.246 e. The second-order valence-corrected chi connectivity index (χ2v) is 10.8. The van der Waals surface area contributed by atoms with Gasteiger partial charge in [-0.1, -0.05) is 49.6 Å². The number of hydrogen-bond acceptors (Lipinski definition) is 2. The molecule has 0 amide bonds. The molecule has 1 aromatic carbocycles. The number of nitrogens with one attached hydrogen (secondary N) is 1. The van der Waals surface area contributed by atoms with E-state index in [1.54, 1.807) is 24.3 Å². The molecule has 0 aliphatic carbocycles. The number of aromatic nitrogens is 3. The fraction of sp³-hybridized carbons (Fsp3) is 0.286. The number of H-pyrrole nitrogens is 1.